The van der Waals surface area contributed by atoms with Gasteiger partial charge in [0.1, 0.15) is 11.3 Å². The molecule has 1 aromatic carbocycles. The molecule has 2 aromatic rings. The maximum atomic E-state index is 13.6. The largest absolute Gasteiger partial charge is 0.481 e. The number of hydrogen-bond donors (Lipinski definition) is 1. The number of carboxylic acids is 1. The van der Waals surface area contributed by atoms with Crippen molar-refractivity contribution in [2.75, 3.05) is 0 Å². The highest BCUT2D eigenvalue weighted by Gasteiger charge is 2.09. The van der Waals surface area contributed by atoms with Crippen LogP contribution in [0, 0.1) is 12.7 Å². The predicted molar refractivity (Wildman–Crippen MR) is 62.4 cm³/mol. The van der Waals surface area contributed by atoms with E-state index in [0.717, 1.165) is 5.56 Å². The number of rotatable bonds is 3. The van der Waals surface area contributed by atoms with Crippen LogP contribution in [0.4, 0.5) is 4.39 Å². The molecule has 0 saturated heterocycles. The van der Waals surface area contributed by atoms with Gasteiger partial charge in [0.2, 0.25) is 0 Å². The second kappa shape index (κ2) is 4.49. The van der Waals surface area contributed by atoms with E-state index in [-0.39, 0.29) is 12.2 Å². The molecule has 1 N–H and O–H groups in total. The van der Waals surface area contributed by atoms with Crippen molar-refractivity contribution in [2.45, 2.75) is 19.8 Å². The lowest BCUT2D eigenvalue weighted by Crippen LogP contribution is -2.00. The molecular formula is C13H12FNO2. The first-order valence-electron chi connectivity index (χ1n) is 5.34. The smallest absolute Gasteiger partial charge is 0.303 e. The molecule has 1 heterocycles. The Kier molecular flexibility index (Phi) is 3.04. The highest BCUT2D eigenvalue weighted by atomic mass is 19.1. The Bertz CT molecular complexity index is 581. The van der Waals surface area contributed by atoms with Crippen molar-refractivity contribution in [3.05, 3.63) is 41.3 Å². The molecule has 0 atom stereocenters. The molecule has 0 spiro atoms. The molecular weight excluding hydrogens is 221 g/mol. The van der Waals surface area contributed by atoms with Gasteiger partial charge in [0, 0.05) is 17.5 Å². The van der Waals surface area contributed by atoms with Gasteiger partial charge >= 0.3 is 5.97 Å². The number of pyridine rings is 1. The minimum absolute atomic E-state index is 0.0368. The summed E-state index contributed by atoms with van der Waals surface area (Å²) in [5, 5.41) is 9.37. The Hall–Kier alpha value is -1.97. The predicted octanol–water partition coefficient (Wildman–Crippen LogP) is 2.70. The molecule has 1 aromatic heterocycles. The van der Waals surface area contributed by atoms with Gasteiger partial charge in [-0.05, 0) is 31.0 Å². The number of hydrogen-bond acceptors (Lipinski definition) is 2. The maximum absolute atomic E-state index is 13.6. The summed E-state index contributed by atoms with van der Waals surface area (Å²) in [5.74, 6) is -1.23. The van der Waals surface area contributed by atoms with Gasteiger partial charge in [-0.25, -0.2) is 4.39 Å². The fraction of sp³-hybridized carbons (Fsp3) is 0.231. The van der Waals surface area contributed by atoms with Crippen molar-refractivity contribution >= 4 is 16.9 Å². The Labute approximate surface area is 97.9 Å². The molecule has 0 unspecified atom stereocenters. The number of aromatic nitrogens is 1. The van der Waals surface area contributed by atoms with Gasteiger partial charge in [0.05, 0.1) is 0 Å². The standard InChI is InChI=1S/C13H12FNO2/c1-8-7-9(5-6-12(16)17)10-3-2-4-11(14)13(10)15-8/h2-4,7H,5-6H2,1H3,(H,16,17). The summed E-state index contributed by atoms with van der Waals surface area (Å²) in [6.45, 7) is 1.77. The topological polar surface area (TPSA) is 50.2 Å². The lowest BCUT2D eigenvalue weighted by molar-refractivity contribution is -0.136. The summed E-state index contributed by atoms with van der Waals surface area (Å²) in [6.07, 6.45) is 0.424. The van der Waals surface area contributed by atoms with E-state index in [2.05, 4.69) is 4.98 Å². The molecule has 0 aliphatic rings. The summed E-state index contributed by atoms with van der Waals surface area (Å²) in [6, 6.07) is 6.54. The zero-order valence-electron chi connectivity index (χ0n) is 9.40. The Morgan fingerprint density at radius 1 is 1.47 bits per heavy atom. The maximum Gasteiger partial charge on any atom is 0.303 e. The average molecular weight is 233 g/mol. The minimum Gasteiger partial charge on any atom is -0.481 e. The zero-order valence-corrected chi connectivity index (χ0v) is 9.40. The second-order valence-corrected chi connectivity index (χ2v) is 3.95. The van der Waals surface area contributed by atoms with Crippen molar-refractivity contribution in [1.82, 2.24) is 4.98 Å². The third kappa shape index (κ3) is 2.41. The van der Waals surface area contributed by atoms with Crippen LogP contribution in [0.15, 0.2) is 24.3 Å². The highest BCUT2D eigenvalue weighted by Crippen LogP contribution is 2.21. The van der Waals surface area contributed by atoms with E-state index in [0.29, 0.717) is 23.0 Å². The summed E-state index contributed by atoms with van der Waals surface area (Å²) in [5.41, 5.74) is 1.84. The molecule has 88 valence electrons. The molecule has 0 bridgehead atoms. The molecule has 4 heteroatoms. The van der Waals surface area contributed by atoms with E-state index in [1.54, 1.807) is 19.1 Å². The monoisotopic (exact) mass is 233 g/mol. The van der Waals surface area contributed by atoms with Crippen molar-refractivity contribution in [2.24, 2.45) is 0 Å². The fourth-order valence-corrected chi connectivity index (χ4v) is 1.88. The van der Waals surface area contributed by atoms with Crippen molar-refractivity contribution in [1.29, 1.82) is 0 Å². The number of aryl methyl sites for hydroxylation is 2. The number of carboxylic acid groups (broad SMARTS) is 1. The first-order valence-corrected chi connectivity index (χ1v) is 5.34. The Morgan fingerprint density at radius 2 is 2.24 bits per heavy atom. The van der Waals surface area contributed by atoms with Crippen LogP contribution in [0.1, 0.15) is 17.7 Å². The molecule has 0 aliphatic heterocycles. The van der Waals surface area contributed by atoms with Crippen LogP contribution >= 0.6 is 0 Å². The van der Waals surface area contributed by atoms with Crippen LogP contribution in [-0.4, -0.2) is 16.1 Å². The van der Waals surface area contributed by atoms with Crippen LogP contribution in [0.3, 0.4) is 0 Å². The lowest BCUT2D eigenvalue weighted by Gasteiger charge is -2.07. The summed E-state index contributed by atoms with van der Waals surface area (Å²) >= 11 is 0. The number of para-hydroxylation sites is 1. The SMILES string of the molecule is Cc1cc(CCC(=O)O)c2cccc(F)c2n1. The number of aliphatic carboxylic acids is 1. The highest BCUT2D eigenvalue weighted by molar-refractivity contribution is 5.83. The molecule has 0 radical (unpaired) electrons. The van der Waals surface area contributed by atoms with E-state index in [4.69, 9.17) is 5.11 Å². The van der Waals surface area contributed by atoms with Crippen LogP contribution in [-0.2, 0) is 11.2 Å². The molecule has 0 aliphatic carbocycles. The first kappa shape index (κ1) is 11.5. The van der Waals surface area contributed by atoms with Crippen LogP contribution in [0.2, 0.25) is 0 Å². The lowest BCUT2D eigenvalue weighted by atomic mass is 10.0. The van der Waals surface area contributed by atoms with Crippen LogP contribution < -0.4 is 0 Å². The van der Waals surface area contributed by atoms with Crippen molar-refractivity contribution < 1.29 is 14.3 Å². The van der Waals surface area contributed by atoms with E-state index < -0.39 is 5.97 Å². The molecule has 0 amide bonds. The third-order valence-electron chi connectivity index (χ3n) is 2.61. The molecule has 3 nitrogen and oxygen atoms in total. The quantitative estimate of drug-likeness (QED) is 0.886. The zero-order chi connectivity index (χ0) is 12.4. The number of benzene rings is 1. The van der Waals surface area contributed by atoms with Crippen molar-refractivity contribution in [3.8, 4) is 0 Å². The van der Waals surface area contributed by atoms with Gasteiger partial charge in [0.15, 0.2) is 0 Å². The molecule has 0 fully saturated rings. The second-order valence-electron chi connectivity index (χ2n) is 3.95. The third-order valence-corrected chi connectivity index (χ3v) is 2.61. The van der Waals surface area contributed by atoms with Gasteiger partial charge in [-0.1, -0.05) is 12.1 Å². The molecule has 2 rings (SSSR count). The van der Waals surface area contributed by atoms with Gasteiger partial charge in [-0.3, -0.25) is 9.78 Å². The summed E-state index contributed by atoms with van der Waals surface area (Å²) in [7, 11) is 0. The normalized spacial score (nSPS) is 10.7. The van der Waals surface area contributed by atoms with Crippen LogP contribution in [0.25, 0.3) is 10.9 Å². The van der Waals surface area contributed by atoms with E-state index in [9.17, 15) is 9.18 Å². The number of halogens is 1. The number of fused-ring (bicyclic) bond motifs is 1. The Morgan fingerprint density at radius 3 is 2.94 bits per heavy atom. The number of carbonyl (C=O) groups is 1. The molecule has 17 heavy (non-hydrogen) atoms. The van der Waals surface area contributed by atoms with Gasteiger partial charge in [-0.2, -0.15) is 0 Å². The van der Waals surface area contributed by atoms with E-state index >= 15 is 0 Å². The van der Waals surface area contributed by atoms with E-state index in [1.807, 2.05) is 6.07 Å². The molecule has 0 saturated carbocycles. The average Bonchev–Trinajstić information content (AvgIpc) is 2.27. The number of nitrogens with zero attached hydrogens (tertiary/aromatic N) is 1. The van der Waals surface area contributed by atoms with Crippen LogP contribution in [0.5, 0.6) is 0 Å². The van der Waals surface area contributed by atoms with E-state index in [1.165, 1.54) is 6.07 Å². The first-order chi connectivity index (χ1) is 8.08. The van der Waals surface area contributed by atoms with Crippen molar-refractivity contribution in [3.63, 3.8) is 0 Å². The van der Waals surface area contributed by atoms with Gasteiger partial charge < -0.3 is 5.11 Å². The summed E-state index contributed by atoms with van der Waals surface area (Å²) in [4.78, 5) is 14.7. The minimum atomic E-state index is -0.857. The van der Waals surface area contributed by atoms with Gasteiger partial charge in [-0.15, -0.1) is 0 Å². The Balaban J connectivity index is 2.54. The summed E-state index contributed by atoms with van der Waals surface area (Å²) < 4.78 is 13.6. The fourth-order valence-electron chi connectivity index (χ4n) is 1.88. The van der Waals surface area contributed by atoms with Gasteiger partial charge in [0.25, 0.3) is 0 Å².